The zero-order chi connectivity index (χ0) is 13.3. The number of rotatable bonds is 1. The van der Waals surface area contributed by atoms with Crippen molar-refractivity contribution in [2.75, 3.05) is 11.4 Å². The lowest BCUT2D eigenvalue weighted by molar-refractivity contribution is 0.578. The molecule has 2 nitrogen and oxygen atoms in total. The molecule has 18 heavy (non-hydrogen) atoms. The minimum absolute atomic E-state index is 0.140. The topological polar surface area (TPSA) is 27.0 Å². The summed E-state index contributed by atoms with van der Waals surface area (Å²) in [4.78, 5) is 2.40. The van der Waals surface area contributed by atoms with Crippen molar-refractivity contribution in [2.24, 2.45) is 5.92 Å². The fourth-order valence-electron chi connectivity index (χ4n) is 2.81. The number of nitriles is 1. The minimum Gasteiger partial charge on any atom is -0.367 e. The van der Waals surface area contributed by atoms with Gasteiger partial charge in [0, 0.05) is 18.3 Å². The molecular formula is C16H22N2. The lowest BCUT2D eigenvalue weighted by atomic mass is 9.85. The Bertz CT molecular complexity index is 465. The molecule has 1 aliphatic rings. The molecule has 1 saturated heterocycles. The highest BCUT2D eigenvalue weighted by Gasteiger charge is 2.33. The molecule has 0 amide bonds. The first-order valence-electron chi connectivity index (χ1n) is 6.71. The smallest absolute Gasteiger partial charge is 0.0681 e. The van der Waals surface area contributed by atoms with Crippen LogP contribution in [0.5, 0.6) is 0 Å². The summed E-state index contributed by atoms with van der Waals surface area (Å²) in [5.74, 6) is 0.165. The van der Waals surface area contributed by atoms with Crippen LogP contribution in [-0.4, -0.2) is 12.6 Å². The molecule has 1 fully saturated rings. The third-order valence-corrected chi connectivity index (χ3v) is 3.94. The molecule has 1 aliphatic heterocycles. The van der Waals surface area contributed by atoms with E-state index in [1.165, 1.54) is 11.3 Å². The molecule has 2 atom stereocenters. The Hall–Kier alpha value is -1.49. The minimum atomic E-state index is 0.140. The van der Waals surface area contributed by atoms with Crippen molar-refractivity contribution in [3.8, 4) is 6.07 Å². The van der Waals surface area contributed by atoms with E-state index in [-0.39, 0.29) is 11.3 Å². The summed E-state index contributed by atoms with van der Waals surface area (Å²) in [6, 6.07) is 11.3. The van der Waals surface area contributed by atoms with Crippen LogP contribution in [0.15, 0.2) is 24.3 Å². The Kier molecular flexibility index (Phi) is 3.34. The summed E-state index contributed by atoms with van der Waals surface area (Å²) >= 11 is 0. The van der Waals surface area contributed by atoms with Crippen molar-refractivity contribution >= 4 is 5.69 Å². The molecule has 2 rings (SSSR count). The predicted molar refractivity (Wildman–Crippen MR) is 75.7 cm³/mol. The van der Waals surface area contributed by atoms with Gasteiger partial charge in [-0.1, -0.05) is 39.0 Å². The van der Waals surface area contributed by atoms with Gasteiger partial charge in [0.1, 0.15) is 0 Å². The summed E-state index contributed by atoms with van der Waals surface area (Å²) in [7, 11) is 0. The number of hydrogen-bond donors (Lipinski definition) is 0. The molecule has 96 valence electrons. The van der Waals surface area contributed by atoms with Crippen molar-refractivity contribution in [1.29, 1.82) is 5.26 Å². The van der Waals surface area contributed by atoms with Crippen LogP contribution in [0, 0.1) is 17.2 Å². The van der Waals surface area contributed by atoms with E-state index in [1.807, 2.05) is 0 Å². The molecule has 1 aromatic carbocycles. The maximum Gasteiger partial charge on any atom is 0.0681 e. The Morgan fingerprint density at radius 1 is 1.28 bits per heavy atom. The van der Waals surface area contributed by atoms with E-state index in [2.05, 4.69) is 62.9 Å². The Labute approximate surface area is 110 Å². The molecule has 0 radical (unpaired) electrons. The van der Waals surface area contributed by atoms with Gasteiger partial charge in [-0.3, -0.25) is 0 Å². The lowest BCUT2D eigenvalue weighted by Gasteiger charge is -2.31. The van der Waals surface area contributed by atoms with Gasteiger partial charge in [0.05, 0.1) is 12.0 Å². The van der Waals surface area contributed by atoms with Crippen molar-refractivity contribution in [1.82, 2.24) is 0 Å². The third kappa shape index (κ3) is 2.22. The van der Waals surface area contributed by atoms with E-state index in [4.69, 9.17) is 5.26 Å². The number of benzene rings is 1. The molecule has 2 unspecified atom stereocenters. The standard InChI is InChI=1S/C16H22N2/c1-12-13(11-17)9-10-18(12)15-8-6-5-7-14(15)16(2,3)4/h5-8,12-13H,9-10H2,1-4H3. The van der Waals surface area contributed by atoms with Crippen molar-refractivity contribution < 1.29 is 0 Å². The second kappa shape index (κ2) is 4.65. The van der Waals surface area contributed by atoms with Crippen LogP contribution in [0.1, 0.15) is 39.7 Å². The van der Waals surface area contributed by atoms with E-state index in [0.717, 1.165) is 13.0 Å². The molecule has 2 heteroatoms. The van der Waals surface area contributed by atoms with Gasteiger partial charge < -0.3 is 4.90 Å². The molecule has 0 saturated carbocycles. The van der Waals surface area contributed by atoms with Gasteiger partial charge in [-0.25, -0.2) is 0 Å². The van der Waals surface area contributed by atoms with Gasteiger partial charge in [0.15, 0.2) is 0 Å². The van der Waals surface area contributed by atoms with Crippen molar-refractivity contribution in [3.63, 3.8) is 0 Å². The zero-order valence-electron chi connectivity index (χ0n) is 11.8. The van der Waals surface area contributed by atoms with Gasteiger partial charge >= 0.3 is 0 Å². The molecular weight excluding hydrogens is 220 g/mol. The molecule has 0 aliphatic carbocycles. The third-order valence-electron chi connectivity index (χ3n) is 3.94. The quantitative estimate of drug-likeness (QED) is 0.750. The maximum atomic E-state index is 9.15. The van der Waals surface area contributed by atoms with Crippen LogP contribution >= 0.6 is 0 Å². The first-order valence-corrected chi connectivity index (χ1v) is 6.71. The van der Waals surface area contributed by atoms with Crippen LogP contribution in [0.4, 0.5) is 5.69 Å². The summed E-state index contributed by atoms with van der Waals surface area (Å²) in [6.45, 7) is 9.89. The zero-order valence-corrected chi connectivity index (χ0v) is 11.8. The van der Waals surface area contributed by atoms with Crippen molar-refractivity contribution in [2.45, 2.75) is 45.6 Å². The van der Waals surface area contributed by atoms with E-state index < -0.39 is 0 Å². The molecule has 0 N–H and O–H groups in total. The van der Waals surface area contributed by atoms with Crippen molar-refractivity contribution in [3.05, 3.63) is 29.8 Å². The van der Waals surface area contributed by atoms with Crippen LogP contribution < -0.4 is 4.90 Å². The molecule has 1 aromatic rings. The van der Waals surface area contributed by atoms with Gasteiger partial charge in [-0.05, 0) is 30.4 Å². The number of anilines is 1. The summed E-state index contributed by atoms with van der Waals surface area (Å²) in [6.07, 6.45) is 0.982. The molecule has 0 bridgehead atoms. The van der Waals surface area contributed by atoms with Crippen LogP contribution in [0.25, 0.3) is 0 Å². The SMILES string of the molecule is CC1C(C#N)CCN1c1ccccc1C(C)(C)C. The monoisotopic (exact) mass is 242 g/mol. The highest BCUT2D eigenvalue weighted by Crippen LogP contribution is 2.36. The summed E-state index contributed by atoms with van der Waals surface area (Å²) in [5.41, 5.74) is 2.81. The highest BCUT2D eigenvalue weighted by molar-refractivity contribution is 5.58. The van der Waals surface area contributed by atoms with E-state index >= 15 is 0 Å². The first kappa shape index (κ1) is 13.0. The van der Waals surface area contributed by atoms with E-state index in [0.29, 0.717) is 6.04 Å². The number of hydrogen-bond acceptors (Lipinski definition) is 2. The van der Waals surface area contributed by atoms with Gasteiger partial charge in [-0.15, -0.1) is 0 Å². The average molecular weight is 242 g/mol. The summed E-state index contributed by atoms with van der Waals surface area (Å²) in [5, 5.41) is 9.15. The van der Waals surface area contributed by atoms with Gasteiger partial charge in [-0.2, -0.15) is 5.26 Å². The Balaban J connectivity index is 2.39. The van der Waals surface area contributed by atoms with E-state index in [1.54, 1.807) is 0 Å². The normalized spacial score (nSPS) is 24.1. The number of para-hydroxylation sites is 1. The van der Waals surface area contributed by atoms with Crippen LogP contribution in [0.2, 0.25) is 0 Å². The lowest BCUT2D eigenvalue weighted by Crippen LogP contribution is -2.31. The molecule has 1 heterocycles. The van der Waals surface area contributed by atoms with Crippen LogP contribution in [0.3, 0.4) is 0 Å². The fourth-order valence-corrected chi connectivity index (χ4v) is 2.81. The van der Waals surface area contributed by atoms with E-state index in [9.17, 15) is 0 Å². The van der Waals surface area contributed by atoms with Gasteiger partial charge in [0.2, 0.25) is 0 Å². The largest absolute Gasteiger partial charge is 0.367 e. The Morgan fingerprint density at radius 3 is 2.50 bits per heavy atom. The number of nitrogens with zero attached hydrogens (tertiary/aromatic N) is 2. The Morgan fingerprint density at radius 2 is 1.94 bits per heavy atom. The molecule has 0 spiro atoms. The molecule has 0 aromatic heterocycles. The maximum absolute atomic E-state index is 9.15. The highest BCUT2D eigenvalue weighted by atomic mass is 15.2. The van der Waals surface area contributed by atoms with Crippen LogP contribution in [-0.2, 0) is 5.41 Å². The van der Waals surface area contributed by atoms with Gasteiger partial charge in [0.25, 0.3) is 0 Å². The first-order chi connectivity index (χ1) is 8.45. The average Bonchev–Trinajstić information content (AvgIpc) is 2.69. The fraction of sp³-hybridized carbons (Fsp3) is 0.562. The second-order valence-corrected chi connectivity index (χ2v) is 6.23. The second-order valence-electron chi connectivity index (χ2n) is 6.23. The predicted octanol–water partition coefficient (Wildman–Crippen LogP) is 3.72. The summed E-state index contributed by atoms with van der Waals surface area (Å²) < 4.78 is 0.